The third-order valence-electron chi connectivity index (χ3n) is 15.9. The molecular formula is C66H72Cl2N10O14. The summed E-state index contributed by atoms with van der Waals surface area (Å²) in [6.45, 7) is 4.56. The Bertz CT molecular complexity index is 3920. The fourth-order valence-electron chi connectivity index (χ4n) is 11.7. The van der Waals surface area contributed by atoms with Crippen molar-refractivity contribution in [3.63, 3.8) is 0 Å². The number of esters is 2. The topological polar surface area (TPSA) is 254 Å². The number of hydrogen-bond donors (Lipinski definition) is 0. The van der Waals surface area contributed by atoms with E-state index in [1.54, 1.807) is 105 Å². The summed E-state index contributed by atoms with van der Waals surface area (Å²) in [5.41, 5.74) is 6.29. The van der Waals surface area contributed by atoms with Crippen LogP contribution in [0.15, 0.2) is 109 Å². The van der Waals surface area contributed by atoms with Gasteiger partial charge in [-0.2, -0.15) is 4.80 Å². The summed E-state index contributed by atoms with van der Waals surface area (Å²) in [5.74, 6) is 2.00. The highest BCUT2D eigenvalue weighted by molar-refractivity contribution is 6.31. The van der Waals surface area contributed by atoms with Crippen LogP contribution in [0.5, 0.6) is 46.0 Å². The summed E-state index contributed by atoms with van der Waals surface area (Å²) in [6.07, 6.45) is 0.465. The number of aromatic nitrogens is 8. The van der Waals surface area contributed by atoms with Gasteiger partial charge in [0.15, 0.2) is 34.6 Å². The third kappa shape index (κ3) is 15.0. The van der Waals surface area contributed by atoms with E-state index in [2.05, 4.69) is 30.9 Å². The highest BCUT2D eigenvalue weighted by Gasteiger charge is 2.41. The molecule has 0 bridgehead atoms. The molecule has 0 aliphatic carbocycles. The van der Waals surface area contributed by atoms with E-state index in [0.717, 1.165) is 33.4 Å². The molecule has 484 valence electrons. The van der Waals surface area contributed by atoms with Gasteiger partial charge in [0.05, 0.1) is 108 Å². The number of fused-ring (bicyclic) bond motifs is 2. The molecule has 8 aromatic rings. The molecule has 0 fully saturated rings. The van der Waals surface area contributed by atoms with Crippen molar-refractivity contribution in [1.82, 2.24) is 40.4 Å². The highest BCUT2D eigenvalue weighted by atomic mass is 35.5. The molecule has 92 heavy (non-hydrogen) atoms. The van der Waals surface area contributed by atoms with Crippen molar-refractivity contribution in [2.45, 2.75) is 77.5 Å². The monoisotopic (exact) mass is 1300 g/mol. The summed E-state index contributed by atoms with van der Waals surface area (Å²) >= 11 is 13.2. The zero-order chi connectivity index (χ0) is 65.6. The molecular weight excluding hydrogens is 1230 g/mol. The van der Waals surface area contributed by atoms with E-state index in [1.165, 1.54) is 9.48 Å². The number of benzene rings is 6. The number of tetrazole rings is 2. The predicted molar refractivity (Wildman–Crippen MR) is 340 cm³/mol. The maximum absolute atomic E-state index is 14.7. The molecule has 2 aromatic heterocycles. The molecule has 0 saturated carbocycles. The Morgan fingerprint density at radius 1 is 0.511 bits per heavy atom. The van der Waals surface area contributed by atoms with Crippen molar-refractivity contribution in [3.05, 3.63) is 164 Å². The Morgan fingerprint density at radius 3 is 1.45 bits per heavy atom. The van der Waals surface area contributed by atoms with Crippen LogP contribution in [0.25, 0.3) is 0 Å². The van der Waals surface area contributed by atoms with E-state index >= 15 is 0 Å². The molecule has 26 heteroatoms. The number of para-hydroxylation sites is 2. The zero-order valence-corrected chi connectivity index (χ0v) is 54.2. The Balaban J connectivity index is 0.000000217. The minimum Gasteiger partial charge on any atom is -0.497 e. The van der Waals surface area contributed by atoms with E-state index in [-0.39, 0.29) is 81.7 Å². The molecule has 0 spiro atoms. The van der Waals surface area contributed by atoms with Crippen LogP contribution < -0.4 is 47.7 Å². The molecule has 0 N–H and O–H groups in total. The van der Waals surface area contributed by atoms with Gasteiger partial charge in [-0.15, -0.1) is 15.3 Å². The molecule has 24 nitrogen and oxygen atoms in total. The van der Waals surface area contributed by atoms with Crippen molar-refractivity contribution >= 4 is 58.3 Å². The lowest BCUT2D eigenvalue weighted by Gasteiger charge is -2.27. The molecule has 2 aliphatic rings. The molecule has 4 unspecified atom stereocenters. The molecule has 4 atom stereocenters. The summed E-state index contributed by atoms with van der Waals surface area (Å²) in [4.78, 5) is 58.6. The van der Waals surface area contributed by atoms with Gasteiger partial charge in [0.2, 0.25) is 11.8 Å². The Hall–Kier alpha value is -9.68. The van der Waals surface area contributed by atoms with Gasteiger partial charge in [-0.3, -0.25) is 19.2 Å². The van der Waals surface area contributed by atoms with Gasteiger partial charge < -0.3 is 57.2 Å². The van der Waals surface area contributed by atoms with Crippen LogP contribution in [0, 0.1) is 11.8 Å². The third-order valence-corrected chi connectivity index (χ3v) is 16.4. The lowest BCUT2D eigenvalue weighted by molar-refractivity contribution is -0.143. The van der Waals surface area contributed by atoms with Crippen LogP contribution in [-0.2, 0) is 67.7 Å². The number of carbonyl (C=O) groups is 4. The van der Waals surface area contributed by atoms with Crippen LogP contribution in [-0.4, -0.2) is 134 Å². The van der Waals surface area contributed by atoms with Crippen LogP contribution >= 0.6 is 23.2 Å². The minimum atomic E-state index is -0.638. The Labute approximate surface area is 542 Å². The fraction of sp³-hybridized carbons (Fsp3) is 0.364. The van der Waals surface area contributed by atoms with Gasteiger partial charge in [0.1, 0.15) is 35.8 Å². The first-order valence-corrected chi connectivity index (χ1v) is 30.2. The second kappa shape index (κ2) is 30.9. The number of rotatable bonds is 24. The van der Waals surface area contributed by atoms with Crippen LogP contribution in [0.4, 0.5) is 11.4 Å². The number of amides is 2. The lowest BCUT2D eigenvalue weighted by atomic mass is 9.83. The number of methoxy groups -OCH3 is 8. The minimum absolute atomic E-state index is 0.107. The smallest absolute Gasteiger partial charge is 0.313 e. The number of hydrogen-bond acceptors (Lipinski definition) is 20. The molecule has 4 heterocycles. The molecule has 10 rings (SSSR count). The zero-order valence-electron chi connectivity index (χ0n) is 52.7. The summed E-state index contributed by atoms with van der Waals surface area (Å²) < 4.78 is 56.8. The van der Waals surface area contributed by atoms with Crippen molar-refractivity contribution < 1.29 is 66.5 Å². The van der Waals surface area contributed by atoms with E-state index < -0.39 is 23.8 Å². The lowest BCUT2D eigenvalue weighted by Crippen LogP contribution is -2.37. The summed E-state index contributed by atoms with van der Waals surface area (Å²) in [6, 6.07) is 33.4. The normalized spacial score (nSPS) is 16.0. The van der Waals surface area contributed by atoms with Gasteiger partial charge in [-0.1, -0.05) is 47.5 Å². The summed E-state index contributed by atoms with van der Waals surface area (Å²) in [5, 5.41) is 25.6. The maximum Gasteiger partial charge on any atom is 0.313 e. The molecule has 0 saturated heterocycles. The standard InChI is InChI=1S/2C33H36ClN5O7/c1-6-46-31(40)17-30-35-36-37-39(30)19-21-14-25(24-8-7-9-28(43-3)32(24)45-5)26-15-22(34)11-13-27(26)38(33(21)41)18-20-10-12-23(42-2)16-29(20)44-4;1-6-46-31(40)17-30-35-37-39(36-30)19-21-14-25(24-8-7-9-28(43-3)32(24)45-5)26-15-22(34)11-13-27(26)38(33(21)41)18-20-10-12-23(42-2)16-29(20)44-4/h2*7-13,15-16,21,25H,6,14,17-19H2,1-5H3. The molecule has 2 aliphatic heterocycles. The largest absolute Gasteiger partial charge is 0.497 e. The first kappa shape index (κ1) is 66.7. The average molecular weight is 1300 g/mol. The second-order valence-corrected chi connectivity index (χ2v) is 22.1. The van der Waals surface area contributed by atoms with Crippen LogP contribution in [0.2, 0.25) is 10.0 Å². The Morgan fingerprint density at radius 2 is 0.989 bits per heavy atom. The van der Waals surface area contributed by atoms with Crippen LogP contribution in [0.1, 0.15) is 83.6 Å². The number of anilines is 2. The average Bonchev–Trinajstić information content (AvgIpc) is 1.55. The molecule has 0 radical (unpaired) electrons. The number of halogens is 2. The van der Waals surface area contributed by atoms with Crippen molar-refractivity contribution in [2.24, 2.45) is 11.8 Å². The Kier molecular flexibility index (Phi) is 22.4. The first-order valence-electron chi connectivity index (χ1n) is 29.5. The van der Waals surface area contributed by atoms with E-state index in [9.17, 15) is 19.2 Å². The quantitative estimate of drug-likeness (QED) is 0.0510. The number of carbonyl (C=O) groups excluding carboxylic acids is 4. The van der Waals surface area contributed by atoms with Gasteiger partial charge in [0.25, 0.3) is 0 Å². The van der Waals surface area contributed by atoms with Gasteiger partial charge >= 0.3 is 11.9 Å². The fourth-order valence-corrected chi connectivity index (χ4v) is 12.1. The predicted octanol–water partition coefficient (Wildman–Crippen LogP) is 9.70. The van der Waals surface area contributed by atoms with E-state index in [1.807, 2.05) is 84.9 Å². The maximum atomic E-state index is 14.7. The van der Waals surface area contributed by atoms with Gasteiger partial charge in [-0.05, 0) is 126 Å². The summed E-state index contributed by atoms with van der Waals surface area (Å²) in [7, 11) is 12.7. The number of nitrogens with zero attached hydrogens (tertiary/aromatic N) is 10. The second-order valence-electron chi connectivity index (χ2n) is 21.2. The first-order chi connectivity index (χ1) is 44.6. The highest BCUT2D eigenvalue weighted by Crippen LogP contribution is 2.50. The van der Waals surface area contributed by atoms with Crippen molar-refractivity contribution in [2.75, 3.05) is 79.9 Å². The van der Waals surface area contributed by atoms with Crippen molar-refractivity contribution in [1.29, 1.82) is 0 Å². The van der Waals surface area contributed by atoms with Crippen LogP contribution in [0.3, 0.4) is 0 Å². The van der Waals surface area contributed by atoms with Crippen molar-refractivity contribution in [3.8, 4) is 46.0 Å². The SMILES string of the molecule is CCOC(=O)Cc1nnn(CC2CC(c3cccc(OC)c3OC)c3cc(Cl)ccc3N(Cc3ccc(OC)cc3OC)C2=O)n1.CCOC(=O)Cc1nnnn1CC1CC(c2cccc(OC)c2OC)c2cc(Cl)ccc2N(Cc2ccc(OC)cc2OC)C1=O. The van der Waals surface area contributed by atoms with E-state index in [0.29, 0.717) is 86.1 Å². The molecule has 6 aromatic carbocycles. The number of ether oxygens (including phenoxy) is 10. The molecule has 2 amide bonds. The van der Waals surface area contributed by atoms with Gasteiger partial charge in [-0.25, -0.2) is 4.68 Å². The van der Waals surface area contributed by atoms with E-state index in [4.69, 9.17) is 70.6 Å². The van der Waals surface area contributed by atoms with Gasteiger partial charge in [0, 0.05) is 67.6 Å².